The van der Waals surface area contributed by atoms with Gasteiger partial charge in [0.25, 0.3) is 11.8 Å². The lowest BCUT2D eigenvalue weighted by Gasteiger charge is -2.29. The summed E-state index contributed by atoms with van der Waals surface area (Å²) in [6.07, 6.45) is 3.14. The van der Waals surface area contributed by atoms with Crippen molar-refractivity contribution in [2.75, 3.05) is 18.0 Å². The van der Waals surface area contributed by atoms with Crippen LogP contribution in [-0.2, 0) is 9.59 Å². The van der Waals surface area contributed by atoms with Crippen LogP contribution in [0.25, 0.3) is 5.57 Å². The maximum Gasteiger partial charge on any atom is 0.282 e. The van der Waals surface area contributed by atoms with Crippen LogP contribution in [0.4, 0.5) is 5.69 Å². The zero-order valence-electron chi connectivity index (χ0n) is 17.9. The van der Waals surface area contributed by atoms with Crippen LogP contribution in [0.1, 0.15) is 44.2 Å². The Morgan fingerprint density at radius 1 is 0.867 bits per heavy atom. The van der Waals surface area contributed by atoms with Gasteiger partial charge in [0.15, 0.2) is 0 Å². The molecule has 0 radical (unpaired) electrons. The van der Waals surface area contributed by atoms with Gasteiger partial charge in [0, 0.05) is 13.1 Å². The molecule has 1 saturated heterocycles. The Bertz CT molecular complexity index is 986. The van der Waals surface area contributed by atoms with Gasteiger partial charge in [0.1, 0.15) is 11.4 Å². The molecular formula is C25H28N2O3. The molecule has 0 aromatic heterocycles. The first-order valence-electron chi connectivity index (χ1n) is 10.7. The van der Waals surface area contributed by atoms with Gasteiger partial charge in [-0.15, -0.1) is 0 Å². The monoisotopic (exact) mass is 404 g/mol. The van der Waals surface area contributed by atoms with Crippen LogP contribution in [0, 0.1) is 6.92 Å². The molecule has 0 aliphatic carbocycles. The molecule has 2 aliphatic rings. The molecule has 1 fully saturated rings. The lowest BCUT2D eigenvalue weighted by molar-refractivity contribution is -0.120. The topological polar surface area (TPSA) is 49.9 Å². The van der Waals surface area contributed by atoms with Gasteiger partial charge in [-0.05, 0) is 57.7 Å². The Balaban J connectivity index is 1.82. The molecule has 30 heavy (non-hydrogen) atoms. The number of ether oxygens (including phenoxy) is 1. The standard InChI is InChI=1S/C25H28N2O3/c1-17(2)30-21-10-6-5-9-20(21)27-24(28)22(19-13-11-18(3)12-14-19)23(25(27)29)26-15-7-4-8-16-26/h5-6,9-14,17H,4,7-8,15-16H2,1-3H3. The lowest BCUT2D eigenvalue weighted by atomic mass is 10.0. The summed E-state index contributed by atoms with van der Waals surface area (Å²) in [7, 11) is 0. The van der Waals surface area contributed by atoms with Crippen molar-refractivity contribution < 1.29 is 14.3 Å². The van der Waals surface area contributed by atoms with Crippen molar-refractivity contribution in [2.24, 2.45) is 0 Å². The molecule has 2 aromatic rings. The predicted octanol–water partition coefficient (Wildman–Crippen LogP) is 4.55. The highest BCUT2D eigenvalue weighted by atomic mass is 16.5. The van der Waals surface area contributed by atoms with Crippen molar-refractivity contribution in [3.8, 4) is 5.75 Å². The van der Waals surface area contributed by atoms with Crippen molar-refractivity contribution in [1.29, 1.82) is 0 Å². The highest BCUT2D eigenvalue weighted by Gasteiger charge is 2.43. The summed E-state index contributed by atoms with van der Waals surface area (Å²) < 4.78 is 5.91. The number of anilines is 1. The summed E-state index contributed by atoms with van der Waals surface area (Å²) >= 11 is 0. The summed E-state index contributed by atoms with van der Waals surface area (Å²) in [5.74, 6) is -0.0149. The van der Waals surface area contributed by atoms with Crippen LogP contribution in [0.15, 0.2) is 54.2 Å². The van der Waals surface area contributed by atoms with E-state index >= 15 is 0 Å². The maximum atomic E-state index is 13.7. The van der Waals surface area contributed by atoms with Crippen LogP contribution in [0.2, 0.25) is 0 Å². The number of carbonyl (C=O) groups excluding carboxylic acids is 2. The molecule has 0 spiro atoms. The van der Waals surface area contributed by atoms with Crippen molar-refractivity contribution >= 4 is 23.1 Å². The summed E-state index contributed by atoms with van der Waals surface area (Å²) in [5.41, 5.74) is 3.40. The third-order valence-corrected chi connectivity index (χ3v) is 5.54. The first kappa shape index (κ1) is 20.2. The Labute approximate surface area is 177 Å². The molecule has 2 amide bonds. The summed E-state index contributed by atoms with van der Waals surface area (Å²) in [4.78, 5) is 30.7. The third kappa shape index (κ3) is 3.72. The van der Waals surface area contributed by atoms with Crippen molar-refractivity contribution in [3.63, 3.8) is 0 Å². The number of carbonyl (C=O) groups is 2. The summed E-state index contributed by atoms with van der Waals surface area (Å²) in [6.45, 7) is 7.46. The molecule has 156 valence electrons. The van der Waals surface area contributed by atoms with Gasteiger partial charge in [-0.25, -0.2) is 4.90 Å². The first-order valence-corrected chi connectivity index (χ1v) is 10.7. The van der Waals surface area contributed by atoms with E-state index in [0.29, 0.717) is 22.7 Å². The van der Waals surface area contributed by atoms with Gasteiger partial charge in [0.05, 0.1) is 17.4 Å². The summed E-state index contributed by atoms with van der Waals surface area (Å²) in [6, 6.07) is 15.1. The molecule has 2 aliphatic heterocycles. The zero-order chi connectivity index (χ0) is 21.3. The van der Waals surface area contributed by atoms with Crippen molar-refractivity contribution in [2.45, 2.75) is 46.1 Å². The summed E-state index contributed by atoms with van der Waals surface area (Å²) in [5, 5.41) is 0. The Morgan fingerprint density at radius 3 is 2.20 bits per heavy atom. The maximum absolute atomic E-state index is 13.7. The van der Waals surface area contributed by atoms with Crippen molar-refractivity contribution in [3.05, 3.63) is 65.4 Å². The van der Waals surface area contributed by atoms with Gasteiger partial charge in [-0.3, -0.25) is 9.59 Å². The van der Waals surface area contributed by atoms with E-state index in [1.165, 1.54) is 4.90 Å². The normalized spacial score (nSPS) is 17.3. The quantitative estimate of drug-likeness (QED) is 0.686. The fourth-order valence-corrected chi connectivity index (χ4v) is 4.12. The van der Waals surface area contributed by atoms with E-state index in [-0.39, 0.29) is 17.9 Å². The Morgan fingerprint density at radius 2 is 1.53 bits per heavy atom. The van der Waals surface area contributed by atoms with E-state index < -0.39 is 0 Å². The molecule has 2 aromatic carbocycles. The molecule has 5 nitrogen and oxygen atoms in total. The second kappa shape index (κ2) is 8.34. The lowest BCUT2D eigenvalue weighted by Crippen LogP contribution is -2.37. The van der Waals surface area contributed by atoms with Crippen molar-refractivity contribution in [1.82, 2.24) is 4.90 Å². The van der Waals surface area contributed by atoms with E-state index in [1.54, 1.807) is 12.1 Å². The van der Waals surface area contributed by atoms with E-state index in [1.807, 2.05) is 57.2 Å². The average molecular weight is 405 g/mol. The van der Waals surface area contributed by atoms with E-state index in [2.05, 4.69) is 4.90 Å². The highest BCUT2D eigenvalue weighted by molar-refractivity contribution is 6.45. The fraction of sp³-hybridized carbons (Fsp3) is 0.360. The van der Waals surface area contributed by atoms with Gasteiger partial charge in [0.2, 0.25) is 0 Å². The number of hydrogen-bond acceptors (Lipinski definition) is 4. The van der Waals surface area contributed by atoms with Crippen LogP contribution >= 0.6 is 0 Å². The van der Waals surface area contributed by atoms with Gasteiger partial charge in [-0.2, -0.15) is 0 Å². The molecule has 4 rings (SSSR count). The van der Waals surface area contributed by atoms with Crippen LogP contribution in [0.3, 0.4) is 0 Å². The number of para-hydroxylation sites is 2. The number of imide groups is 1. The Hall–Kier alpha value is -3.08. The molecule has 0 unspecified atom stereocenters. The molecule has 5 heteroatoms. The van der Waals surface area contributed by atoms with E-state index in [9.17, 15) is 9.59 Å². The molecule has 0 bridgehead atoms. The number of nitrogens with zero attached hydrogens (tertiary/aromatic N) is 2. The highest BCUT2D eigenvalue weighted by Crippen LogP contribution is 2.39. The Kier molecular flexibility index (Phi) is 5.62. The SMILES string of the molecule is Cc1ccc(C2=C(N3CCCCC3)C(=O)N(c3ccccc3OC(C)C)C2=O)cc1. The largest absolute Gasteiger partial charge is 0.489 e. The number of aryl methyl sites for hydroxylation is 1. The molecule has 0 N–H and O–H groups in total. The minimum atomic E-state index is -0.288. The van der Waals surface area contributed by atoms with Crippen LogP contribution in [-0.4, -0.2) is 35.9 Å². The first-order chi connectivity index (χ1) is 14.5. The number of benzene rings is 2. The van der Waals surface area contributed by atoms with Gasteiger partial charge in [-0.1, -0.05) is 42.0 Å². The average Bonchev–Trinajstić information content (AvgIpc) is 2.99. The second-order valence-electron chi connectivity index (χ2n) is 8.22. The minimum absolute atomic E-state index is 0.0648. The molecule has 2 heterocycles. The van der Waals surface area contributed by atoms with Gasteiger partial charge >= 0.3 is 0 Å². The second-order valence-corrected chi connectivity index (χ2v) is 8.22. The molecule has 0 saturated carbocycles. The fourth-order valence-electron chi connectivity index (χ4n) is 4.12. The number of rotatable bonds is 5. The third-order valence-electron chi connectivity index (χ3n) is 5.54. The van der Waals surface area contributed by atoms with E-state index in [4.69, 9.17) is 4.74 Å². The van der Waals surface area contributed by atoms with Gasteiger partial charge < -0.3 is 9.64 Å². The minimum Gasteiger partial charge on any atom is -0.489 e. The number of amides is 2. The number of hydrogen-bond donors (Lipinski definition) is 0. The van der Waals surface area contributed by atoms with E-state index in [0.717, 1.165) is 43.5 Å². The predicted molar refractivity (Wildman–Crippen MR) is 118 cm³/mol. The van der Waals surface area contributed by atoms with Crippen LogP contribution in [0.5, 0.6) is 5.75 Å². The zero-order valence-corrected chi connectivity index (χ0v) is 17.9. The number of piperidine rings is 1. The van der Waals surface area contributed by atoms with Crippen LogP contribution < -0.4 is 9.64 Å². The number of likely N-dealkylation sites (tertiary alicyclic amines) is 1. The smallest absolute Gasteiger partial charge is 0.282 e. The molecular weight excluding hydrogens is 376 g/mol. The molecule has 0 atom stereocenters.